The Morgan fingerprint density at radius 1 is 1.00 bits per heavy atom. The number of piperidine rings is 1. The fraction of sp³-hybridized carbons (Fsp3) is 0.303. The van der Waals surface area contributed by atoms with Crippen molar-refractivity contribution in [1.29, 1.82) is 0 Å². The van der Waals surface area contributed by atoms with Gasteiger partial charge >= 0.3 is 5.97 Å². The molecule has 216 valence electrons. The molecular formula is C33H34ClN5O2S. The average molecular weight is 600 g/mol. The Balaban J connectivity index is 1.45. The number of hydrogen-bond acceptors (Lipinski definition) is 5. The smallest absolute Gasteiger partial charge is 0.339 e. The zero-order valence-electron chi connectivity index (χ0n) is 23.9. The summed E-state index contributed by atoms with van der Waals surface area (Å²) < 4.78 is 7.13. The number of para-hydroxylation sites is 1. The molecule has 2 aliphatic heterocycles. The highest BCUT2D eigenvalue weighted by Crippen LogP contribution is 2.44. The van der Waals surface area contributed by atoms with E-state index >= 15 is 0 Å². The number of halogens is 1. The number of ether oxygens (including phenoxy) is 1. The molecule has 4 aromatic rings. The van der Waals surface area contributed by atoms with Crippen molar-refractivity contribution in [2.24, 2.45) is 11.8 Å². The van der Waals surface area contributed by atoms with E-state index in [0.717, 1.165) is 41.5 Å². The number of thiocarbonyl (C=S) groups is 1. The zero-order valence-corrected chi connectivity index (χ0v) is 25.5. The number of benzene rings is 2. The molecule has 0 unspecified atom stereocenters. The number of anilines is 2. The maximum atomic E-state index is 12.7. The van der Waals surface area contributed by atoms with Crippen molar-refractivity contribution >= 4 is 46.3 Å². The van der Waals surface area contributed by atoms with Crippen molar-refractivity contribution < 1.29 is 9.53 Å². The Morgan fingerprint density at radius 3 is 2.48 bits per heavy atom. The number of pyridine rings is 1. The molecule has 42 heavy (non-hydrogen) atoms. The second-order valence-corrected chi connectivity index (χ2v) is 12.1. The third-order valence-corrected chi connectivity index (χ3v) is 8.79. The van der Waals surface area contributed by atoms with Gasteiger partial charge in [-0.2, -0.15) is 0 Å². The lowest BCUT2D eigenvalue weighted by Crippen LogP contribution is -2.38. The Labute approximate surface area is 257 Å². The summed E-state index contributed by atoms with van der Waals surface area (Å²) in [7, 11) is 1.40. The van der Waals surface area contributed by atoms with Crippen LogP contribution in [0, 0.1) is 11.8 Å². The molecule has 0 spiro atoms. The second kappa shape index (κ2) is 11.8. The summed E-state index contributed by atoms with van der Waals surface area (Å²) in [5.41, 5.74) is 4.93. The maximum Gasteiger partial charge on any atom is 0.339 e. The first-order chi connectivity index (χ1) is 20.4. The van der Waals surface area contributed by atoms with E-state index in [1.54, 1.807) is 12.3 Å². The van der Waals surface area contributed by atoms with Crippen LogP contribution >= 0.6 is 23.8 Å². The molecule has 0 amide bonds. The summed E-state index contributed by atoms with van der Waals surface area (Å²) in [6.07, 6.45) is 4.98. The first-order valence-electron chi connectivity index (χ1n) is 14.3. The Hall–Kier alpha value is -3.88. The van der Waals surface area contributed by atoms with E-state index in [1.807, 2.05) is 59.3 Å². The lowest BCUT2D eigenvalue weighted by molar-refractivity contribution is 0.0600. The zero-order chi connectivity index (χ0) is 29.4. The summed E-state index contributed by atoms with van der Waals surface area (Å²) >= 11 is 13.0. The van der Waals surface area contributed by atoms with E-state index in [9.17, 15) is 4.79 Å². The van der Waals surface area contributed by atoms with Crippen LogP contribution in [0.3, 0.4) is 0 Å². The first-order valence-corrected chi connectivity index (χ1v) is 15.0. The highest BCUT2D eigenvalue weighted by Gasteiger charge is 2.42. The maximum absolute atomic E-state index is 12.7. The molecule has 4 heterocycles. The Kier molecular flexibility index (Phi) is 7.92. The summed E-state index contributed by atoms with van der Waals surface area (Å²) in [6, 6.07) is 23.1. The van der Waals surface area contributed by atoms with Crippen LogP contribution in [0.4, 0.5) is 11.4 Å². The van der Waals surface area contributed by atoms with Gasteiger partial charge in [0.15, 0.2) is 5.11 Å². The van der Waals surface area contributed by atoms with Gasteiger partial charge in [-0.1, -0.05) is 43.6 Å². The lowest BCUT2D eigenvalue weighted by Gasteiger charge is -2.37. The van der Waals surface area contributed by atoms with Crippen molar-refractivity contribution in [1.82, 2.24) is 14.9 Å². The van der Waals surface area contributed by atoms with Crippen molar-refractivity contribution in [2.75, 3.05) is 30.0 Å². The molecule has 2 aromatic heterocycles. The monoisotopic (exact) mass is 599 g/mol. The quantitative estimate of drug-likeness (QED) is 0.190. The summed E-state index contributed by atoms with van der Waals surface area (Å²) in [4.78, 5) is 21.9. The van der Waals surface area contributed by atoms with Gasteiger partial charge in [-0.05, 0) is 85.1 Å². The third-order valence-electron chi connectivity index (χ3n) is 8.17. The molecule has 2 aliphatic rings. The van der Waals surface area contributed by atoms with Gasteiger partial charge in [-0.15, -0.1) is 0 Å². The van der Waals surface area contributed by atoms with E-state index in [-0.39, 0.29) is 12.1 Å². The van der Waals surface area contributed by atoms with Crippen LogP contribution in [0.15, 0.2) is 85.2 Å². The third kappa shape index (κ3) is 5.25. The summed E-state index contributed by atoms with van der Waals surface area (Å²) in [5.74, 6) is 0.834. The molecule has 2 saturated heterocycles. The summed E-state index contributed by atoms with van der Waals surface area (Å²) in [5, 5.41) is 4.80. The summed E-state index contributed by atoms with van der Waals surface area (Å²) in [6.45, 7) is 6.58. The minimum atomic E-state index is -0.396. The molecular weight excluding hydrogens is 566 g/mol. The number of carbonyl (C=O) groups excluding carboxylic acids is 1. The van der Waals surface area contributed by atoms with E-state index in [1.165, 1.54) is 13.5 Å². The number of methoxy groups -OCH3 is 1. The van der Waals surface area contributed by atoms with Crippen LogP contribution in [-0.2, 0) is 4.74 Å². The molecule has 0 radical (unpaired) electrons. The molecule has 0 saturated carbocycles. The molecule has 4 atom stereocenters. The van der Waals surface area contributed by atoms with Crippen molar-refractivity contribution in [3.8, 4) is 5.69 Å². The molecule has 9 heteroatoms. The fourth-order valence-corrected chi connectivity index (χ4v) is 7.16. The molecule has 7 nitrogen and oxygen atoms in total. The van der Waals surface area contributed by atoms with E-state index in [4.69, 9.17) is 28.6 Å². The predicted molar refractivity (Wildman–Crippen MR) is 172 cm³/mol. The van der Waals surface area contributed by atoms with Gasteiger partial charge in [0.25, 0.3) is 0 Å². The van der Waals surface area contributed by atoms with Gasteiger partial charge in [0.1, 0.15) is 6.04 Å². The van der Waals surface area contributed by atoms with Gasteiger partial charge < -0.3 is 24.4 Å². The number of nitrogens with zero attached hydrogens (tertiary/aromatic N) is 4. The van der Waals surface area contributed by atoms with Crippen molar-refractivity contribution in [3.63, 3.8) is 0 Å². The molecule has 0 bridgehead atoms. The molecule has 0 aliphatic carbocycles. The Morgan fingerprint density at radius 2 is 1.76 bits per heavy atom. The number of rotatable bonds is 6. The second-order valence-electron chi connectivity index (χ2n) is 11.3. The highest BCUT2D eigenvalue weighted by molar-refractivity contribution is 7.80. The van der Waals surface area contributed by atoms with Gasteiger partial charge in [-0.3, -0.25) is 4.98 Å². The van der Waals surface area contributed by atoms with Crippen LogP contribution in [0.1, 0.15) is 54.1 Å². The van der Waals surface area contributed by atoms with E-state index in [0.29, 0.717) is 27.5 Å². The van der Waals surface area contributed by atoms with Gasteiger partial charge in [0, 0.05) is 36.9 Å². The number of nitrogens with one attached hydrogen (secondary N) is 1. The van der Waals surface area contributed by atoms with Crippen molar-refractivity contribution in [3.05, 3.63) is 107 Å². The molecule has 2 fully saturated rings. The molecule has 6 rings (SSSR count). The van der Waals surface area contributed by atoms with Crippen LogP contribution < -0.4 is 15.1 Å². The van der Waals surface area contributed by atoms with Crippen LogP contribution in [0.2, 0.25) is 5.02 Å². The number of carbonyl (C=O) groups is 1. The fourth-order valence-electron chi connectivity index (χ4n) is 6.52. The number of aromatic nitrogens is 2. The Bertz CT molecular complexity index is 1600. The number of hydrogen-bond donors (Lipinski definition) is 1. The normalized spacial score (nSPS) is 22.2. The first kappa shape index (κ1) is 28.2. The SMILES string of the molecule is COC(=O)c1ccccc1-n1cccc1[C@@H]1[C@H](c2ccccn2)NC(=S)N1c1ccc(N2C[C@H](C)C[C@H](C)C2)c(Cl)c1. The topological polar surface area (TPSA) is 62.6 Å². The van der Waals surface area contributed by atoms with Gasteiger partial charge in [0.05, 0.1) is 40.8 Å². The number of esters is 1. The van der Waals surface area contributed by atoms with Crippen molar-refractivity contribution in [2.45, 2.75) is 32.4 Å². The minimum Gasteiger partial charge on any atom is -0.465 e. The average Bonchev–Trinajstić information content (AvgIpc) is 3.60. The minimum absolute atomic E-state index is 0.250. The largest absolute Gasteiger partial charge is 0.465 e. The standard InChI is InChI=1S/C33H34ClN5O2S/c1-21-17-22(2)20-37(19-21)28-14-13-23(18-25(28)34)39-31(30(36-33(39)42)26-10-6-7-15-35-26)29-12-8-16-38(29)27-11-5-4-9-24(27)32(40)41-3/h4-16,18,21-22,30-31H,17,19-20H2,1-3H3,(H,36,42)/t21-,22+,30-,31+/m0/s1. The highest BCUT2D eigenvalue weighted by atomic mass is 35.5. The lowest BCUT2D eigenvalue weighted by atomic mass is 9.91. The van der Waals surface area contributed by atoms with E-state index in [2.05, 4.69) is 52.1 Å². The van der Waals surface area contributed by atoms with Crippen LogP contribution in [0.25, 0.3) is 5.69 Å². The predicted octanol–water partition coefficient (Wildman–Crippen LogP) is 6.97. The van der Waals surface area contributed by atoms with Gasteiger partial charge in [-0.25, -0.2) is 4.79 Å². The molecule has 1 N–H and O–H groups in total. The van der Waals surface area contributed by atoms with Gasteiger partial charge in [0.2, 0.25) is 0 Å². The van der Waals surface area contributed by atoms with Crippen LogP contribution in [-0.4, -0.2) is 40.8 Å². The van der Waals surface area contributed by atoms with E-state index < -0.39 is 5.97 Å². The molecule has 2 aromatic carbocycles. The van der Waals surface area contributed by atoms with Crippen LogP contribution in [0.5, 0.6) is 0 Å².